The predicted octanol–water partition coefficient (Wildman–Crippen LogP) is 5.22. The molecule has 19 heavy (non-hydrogen) atoms. The third kappa shape index (κ3) is 2.69. The summed E-state index contributed by atoms with van der Waals surface area (Å²) in [5.74, 6) is 0. The number of nitrogen functional groups attached to an aromatic ring is 1. The monoisotopic (exact) mass is 273 g/mol. The third-order valence-electron chi connectivity index (χ3n) is 3.60. The van der Waals surface area contributed by atoms with Crippen LogP contribution in [-0.2, 0) is 5.41 Å². The van der Waals surface area contributed by atoms with E-state index >= 15 is 0 Å². The number of hydrogen-bond acceptors (Lipinski definition) is 2. The second-order valence-electron chi connectivity index (χ2n) is 6.35. The van der Waals surface area contributed by atoms with Crippen LogP contribution in [0.5, 0.6) is 0 Å². The SMILES string of the molecule is Cc1cc(C(C)(C)C)cc(C)c1-c1cc(N)sc1C. The van der Waals surface area contributed by atoms with Crippen molar-refractivity contribution in [2.45, 2.75) is 47.0 Å². The van der Waals surface area contributed by atoms with Crippen molar-refractivity contribution in [3.63, 3.8) is 0 Å². The fourth-order valence-corrected chi connectivity index (χ4v) is 3.38. The molecular weight excluding hydrogens is 250 g/mol. The Kier molecular flexibility index (Phi) is 3.48. The van der Waals surface area contributed by atoms with E-state index in [-0.39, 0.29) is 5.41 Å². The highest BCUT2D eigenvalue weighted by molar-refractivity contribution is 7.16. The molecule has 1 heterocycles. The molecule has 1 nitrogen and oxygen atoms in total. The van der Waals surface area contributed by atoms with E-state index in [9.17, 15) is 0 Å². The van der Waals surface area contributed by atoms with Crippen LogP contribution in [0.25, 0.3) is 11.1 Å². The predicted molar refractivity (Wildman–Crippen MR) is 87.1 cm³/mol. The van der Waals surface area contributed by atoms with Crippen molar-refractivity contribution >= 4 is 16.3 Å². The highest BCUT2D eigenvalue weighted by atomic mass is 32.1. The van der Waals surface area contributed by atoms with Gasteiger partial charge in [0.25, 0.3) is 0 Å². The van der Waals surface area contributed by atoms with Gasteiger partial charge in [-0.25, -0.2) is 0 Å². The summed E-state index contributed by atoms with van der Waals surface area (Å²) >= 11 is 1.67. The summed E-state index contributed by atoms with van der Waals surface area (Å²) < 4.78 is 0. The average molecular weight is 273 g/mol. The molecule has 0 atom stereocenters. The van der Waals surface area contributed by atoms with E-state index in [4.69, 9.17) is 5.73 Å². The molecule has 0 aliphatic heterocycles. The van der Waals surface area contributed by atoms with Crippen molar-refractivity contribution in [1.82, 2.24) is 0 Å². The minimum atomic E-state index is 0.191. The van der Waals surface area contributed by atoms with Crippen molar-refractivity contribution in [3.8, 4) is 11.1 Å². The van der Waals surface area contributed by atoms with Gasteiger partial charge in [0.2, 0.25) is 0 Å². The van der Waals surface area contributed by atoms with Gasteiger partial charge in [-0.3, -0.25) is 0 Å². The van der Waals surface area contributed by atoms with Crippen LogP contribution in [-0.4, -0.2) is 0 Å². The Morgan fingerprint density at radius 1 is 0.947 bits per heavy atom. The molecule has 0 saturated heterocycles. The van der Waals surface area contributed by atoms with E-state index in [2.05, 4.69) is 59.7 Å². The molecule has 0 amide bonds. The molecule has 0 saturated carbocycles. The van der Waals surface area contributed by atoms with Crippen molar-refractivity contribution in [1.29, 1.82) is 0 Å². The Morgan fingerprint density at radius 3 is 1.84 bits per heavy atom. The standard InChI is InChI=1S/C17H23NS/c1-10-7-13(17(4,5)6)8-11(2)16(10)14-9-15(18)19-12(14)3/h7-9H,18H2,1-6H3. The highest BCUT2D eigenvalue weighted by Crippen LogP contribution is 2.38. The van der Waals surface area contributed by atoms with Gasteiger partial charge in [-0.2, -0.15) is 0 Å². The van der Waals surface area contributed by atoms with Crippen molar-refractivity contribution < 1.29 is 0 Å². The molecule has 1 aromatic carbocycles. The summed E-state index contributed by atoms with van der Waals surface area (Å²) in [7, 11) is 0. The number of hydrogen-bond donors (Lipinski definition) is 1. The van der Waals surface area contributed by atoms with Crippen molar-refractivity contribution in [2.24, 2.45) is 0 Å². The Balaban J connectivity index is 2.64. The first kappa shape index (κ1) is 14.1. The third-order valence-corrected chi connectivity index (χ3v) is 4.48. The Labute approximate surface area is 120 Å². The van der Waals surface area contributed by atoms with Gasteiger partial charge in [0, 0.05) is 4.88 Å². The van der Waals surface area contributed by atoms with E-state index in [1.807, 2.05) is 0 Å². The zero-order chi connectivity index (χ0) is 14.4. The highest BCUT2D eigenvalue weighted by Gasteiger charge is 2.18. The Hall–Kier alpha value is -1.28. The van der Waals surface area contributed by atoms with E-state index < -0.39 is 0 Å². The number of anilines is 1. The molecule has 2 aromatic rings. The zero-order valence-corrected chi connectivity index (χ0v) is 13.5. The first-order valence-corrected chi connectivity index (χ1v) is 7.50. The van der Waals surface area contributed by atoms with Crippen molar-refractivity contribution in [3.05, 3.63) is 39.8 Å². The largest absolute Gasteiger partial charge is 0.391 e. The lowest BCUT2D eigenvalue weighted by molar-refractivity contribution is 0.589. The minimum Gasteiger partial charge on any atom is -0.391 e. The lowest BCUT2D eigenvalue weighted by atomic mass is 9.83. The van der Waals surface area contributed by atoms with Gasteiger partial charge in [-0.05, 0) is 60.1 Å². The van der Waals surface area contributed by atoms with Crippen LogP contribution in [0, 0.1) is 20.8 Å². The maximum atomic E-state index is 5.93. The molecule has 2 rings (SSSR count). The molecule has 0 unspecified atom stereocenters. The van der Waals surface area contributed by atoms with Crippen LogP contribution >= 0.6 is 11.3 Å². The lowest BCUT2D eigenvalue weighted by Crippen LogP contribution is -2.12. The van der Waals surface area contributed by atoms with Crippen LogP contribution in [0.4, 0.5) is 5.00 Å². The first-order valence-electron chi connectivity index (χ1n) is 6.68. The number of thiophene rings is 1. The second kappa shape index (κ2) is 4.68. The summed E-state index contributed by atoms with van der Waals surface area (Å²) in [5.41, 5.74) is 12.8. The molecule has 1 aromatic heterocycles. The van der Waals surface area contributed by atoms with E-state index in [1.165, 1.54) is 32.7 Å². The quantitative estimate of drug-likeness (QED) is 0.757. The second-order valence-corrected chi connectivity index (χ2v) is 7.64. The van der Waals surface area contributed by atoms with Gasteiger partial charge in [-0.15, -0.1) is 11.3 Å². The van der Waals surface area contributed by atoms with E-state index in [1.54, 1.807) is 11.3 Å². The van der Waals surface area contributed by atoms with Gasteiger partial charge < -0.3 is 5.73 Å². The lowest BCUT2D eigenvalue weighted by Gasteiger charge is -2.22. The fraction of sp³-hybridized carbons (Fsp3) is 0.412. The number of aryl methyl sites for hydroxylation is 3. The van der Waals surface area contributed by atoms with Gasteiger partial charge in [0.1, 0.15) is 0 Å². The summed E-state index contributed by atoms with van der Waals surface area (Å²) in [4.78, 5) is 1.30. The molecule has 0 aliphatic rings. The molecule has 0 radical (unpaired) electrons. The summed E-state index contributed by atoms with van der Waals surface area (Å²) in [5, 5.41) is 0.895. The smallest absolute Gasteiger partial charge is 0.0865 e. The molecule has 2 heteroatoms. The topological polar surface area (TPSA) is 26.0 Å². The molecule has 0 aliphatic carbocycles. The fourth-order valence-electron chi connectivity index (χ4n) is 2.57. The van der Waals surface area contributed by atoms with Gasteiger partial charge in [0.05, 0.1) is 5.00 Å². The molecule has 2 N–H and O–H groups in total. The van der Waals surface area contributed by atoms with Gasteiger partial charge >= 0.3 is 0 Å². The Bertz CT molecular complexity index is 592. The van der Waals surface area contributed by atoms with Crippen LogP contribution in [0.2, 0.25) is 0 Å². The van der Waals surface area contributed by atoms with Gasteiger partial charge in [-0.1, -0.05) is 32.9 Å². The normalized spacial score (nSPS) is 11.9. The molecule has 102 valence electrons. The Morgan fingerprint density at radius 2 is 1.47 bits per heavy atom. The number of nitrogens with two attached hydrogens (primary N) is 1. The van der Waals surface area contributed by atoms with Crippen LogP contribution in [0.15, 0.2) is 18.2 Å². The number of benzene rings is 1. The maximum Gasteiger partial charge on any atom is 0.0865 e. The average Bonchev–Trinajstić information content (AvgIpc) is 2.55. The molecule has 0 bridgehead atoms. The maximum absolute atomic E-state index is 5.93. The van der Waals surface area contributed by atoms with Gasteiger partial charge in [0.15, 0.2) is 0 Å². The number of rotatable bonds is 1. The van der Waals surface area contributed by atoms with Crippen molar-refractivity contribution in [2.75, 3.05) is 5.73 Å². The van der Waals surface area contributed by atoms with E-state index in [0.29, 0.717) is 0 Å². The molecule has 0 spiro atoms. The van der Waals surface area contributed by atoms with Crippen LogP contribution < -0.4 is 5.73 Å². The van der Waals surface area contributed by atoms with Crippen LogP contribution in [0.1, 0.15) is 42.3 Å². The summed E-state index contributed by atoms with van der Waals surface area (Å²) in [6.45, 7) is 13.3. The summed E-state index contributed by atoms with van der Waals surface area (Å²) in [6, 6.07) is 6.73. The van der Waals surface area contributed by atoms with E-state index in [0.717, 1.165) is 5.00 Å². The zero-order valence-electron chi connectivity index (χ0n) is 12.7. The molecule has 0 fully saturated rings. The molecular formula is C17H23NS. The summed E-state index contributed by atoms with van der Waals surface area (Å²) in [6.07, 6.45) is 0. The first-order chi connectivity index (χ1) is 8.70. The van der Waals surface area contributed by atoms with Crippen LogP contribution in [0.3, 0.4) is 0 Å². The minimum absolute atomic E-state index is 0.191.